The second kappa shape index (κ2) is 6.85. The highest BCUT2D eigenvalue weighted by atomic mass is 16.5. The van der Waals surface area contributed by atoms with E-state index in [1.165, 1.54) is 21.0 Å². The Kier molecular flexibility index (Phi) is 6.49. The first-order chi connectivity index (χ1) is 8.11. The molecular formula is C13H24O5. The Hall–Kier alpha value is -0.940. The van der Waals surface area contributed by atoms with E-state index in [4.69, 9.17) is 9.47 Å². The fourth-order valence-corrected chi connectivity index (χ4v) is 1.12. The third-order valence-electron chi connectivity index (χ3n) is 2.39. The molecule has 0 N–H and O–H groups in total. The molecule has 0 aliphatic carbocycles. The fraction of sp³-hybridized carbons (Fsp3) is 0.846. The molecule has 0 radical (unpaired) electrons. The van der Waals surface area contributed by atoms with Crippen molar-refractivity contribution in [2.24, 2.45) is 5.41 Å². The molecule has 0 amide bonds. The standard InChI is InChI=1S/C13H24O5/c1-12(2,3)18-8-7-17-9-10(14)13(4,5)11(15)16-6/h7-9H2,1-6H3. The Morgan fingerprint density at radius 2 is 1.56 bits per heavy atom. The Morgan fingerprint density at radius 3 is 2.00 bits per heavy atom. The molecule has 0 fully saturated rings. The maximum Gasteiger partial charge on any atom is 0.318 e. The minimum absolute atomic E-state index is 0.115. The first-order valence-electron chi connectivity index (χ1n) is 5.94. The van der Waals surface area contributed by atoms with Gasteiger partial charge in [-0.15, -0.1) is 0 Å². The second-order valence-electron chi connectivity index (χ2n) is 5.55. The third-order valence-corrected chi connectivity index (χ3v) is 2.39. The van der Waals surface area contributed by atoms with E-state index < -0.39 is 11.4 Å². The van der Waals surface area contributed by atoms with Crippen LogP contribution in [0, 0.1) is 5.41 Å². The van der Waals surface area contributed by atoms with Crippen LogP contribution < -0.4 is 0 Å². The highest BCUT2D eigenvalue weighted by Gasteiger charge is 2.36. The molecule has 0 bridgehead atoms. The van der Waals surface area contributed by atoms with Gasteiger partial charge in [-0.1, -0.05) is 0 Å². The number of carbonyl (C=O) groups excluding carboxylic acids is 2. The van der Waals surface area contributed by atoms with E-state index in [9.17, 15) is 9.59 Å². The number of carbonyl (C=O) groups is 2. The molecule has 0 aromatic carbocycles. The van der Waals surface area contributed by atoms with Gasteiger partial charge in [0.1, 0.15) is 12.0 Å². The minimum atomic E-state index is -1.17. The summed E-state index contributed by atoms with van der Waals surface area (Å²) < 4.78 is 15.2. The van der Waals surface area contributed by atoms with Crippen LogP contribution in [-0.4, -0.2) is 44.3 Å². The van der Waals surface area contributed by atoms with E-state index in [-0.39, 0.29) is 18.0 Å². The first kappa shape index (κ1) is 17.1. The normalized spacial score (nSPS) is 12.3. The zero-order valence-corrected chi connectivity index (χ0v) is 12.2. The van der Waals surface area contributed by atoms with Gasteiger partial charge in [-0.05, 0) is 34.6 Å². The molecule has 0 spiro atoms. The number of methoxy groups -OCH3 is 1. The predicted molar refractivity (Wildman–Crippen MR) is 67.3 cm³/mol. The summed E-state index contributed by atoms with van der Waals surface area (Å²) in [6.45, 7) is 9.49. The van der Waals surface area contributed by atoms with Crippen LogP contribution in [0.5, 0.6) is 0 Å². The first-order valence-corrected chi connectivity index (χ1v) is 5.94. The SMILES string of the molecule is COC(=O)C(C)(C)C(=O)COCCOC(C)(C)C. The molecule has 0 aromatic rings. The van der Waals surface area contributed by atoms with E-state index in [0.29, 0.717) is 13.2 Å². The zero-order valence-electron chi connectivity index (χ0n) is 12.2. The van der Waals surface area contributed by atoms with E-state index in [1.54, 1.807) is 0 Å². The van der Waals surface area contributed by atoms with Crippen LogP contribution in [0.3, 0.4) is 0 Å². The fourth-order valence-electron chi connectivity index (χ4n) is 1.12. The van der Waals surface area contributed by atoms with Gasteiger partial charge in [-0.2, -0.15) is 0 Å². The number of hydrogen-bond acceptors (Lipinski definition) is 5. The summed E-state index contributed by atoms with van der Waals surface area (Å²) >= 11 is 0. The molecule has 0 heterocycles. The maximum atomic E-state index is 11.8. The van der Waals surface area contributed by atoms with Crippen LogP contribution in [-0.2, 0) is 23.8 Å². The van der Waals surface area contributed by atoms with Crippen molar-refractivity contribution in [2.75, 3.05) is 26.9 Å². The van der Waals surface area contributed by atoms with Crippen molar-refractivity contribution in [3.63, 3.8) is 0 Å². The summed E-state index contributed by atoms with van der Waals surface area (Å²) in [6, 6.07) is 0. The van der Waals surface area contributed by atoms with Crippen molar-refractivity contribution in [1.29, 1.82) is 0 Å². The van der Waals surface area contributed by atoms with Gasteiger partial charge >= 0.3 is 5.97 Å². The summed E-state index contributed by atoms with van der Waals surface area (Å²) in [7, 11) is 1.26. The molecule has 106 valence electrons. The average Bonchev–Trinajstić information content (AvgIpc) is 2.25. The molecule has 18 heavy (non-hydrogen) atoms. The summed E-state index contributed by atoms with van der Waals surface area (Å²) in [5.74, 6) is -0.854. The molecule has 0 saturated carbocycles. The molecule has 0 saturated heterocycles. The summed E-state index contributed by atoms with van der Waals surface area (Å²) in [5, 5.41) is 0. The van der Waals surface area contributed by atoms with Crippen LogP contribution in [0.25, 0.3) is 0 Å². The Morgan fingerprint density at radius 1 is 1.00 bits per heavy atom. The lowest BCUT2D eigenvalue weighted by molar-refractivity contribution is -0.157. The van der Waals surface area contributed by atoms with Crippen LogP contribution in [0.4, 0.5) is 0 Å². The number of Topliss-reactive ketones (excluding diaryl/α,β-unsaturated/α-hetero) is 1. The molecule has 0 aliphatic heterocycles. The largest absolute Gasteiger partial charge is 0.468 e. The molecule has 0 rings (SSSR count). The molecule has 0 aromatic heterocycles. The number of ether oxygens (including phenoxy) is 3. The lowest BCUT2D eigenvalue weighted by atomic mass is 9.88. The van der Waals surface area contributed by atoms with E-state index >= 15 is 0 Å². The van der Waals surface area contributed by atoms with Crippen LogP contribution >= 0.6 is 0 Å². The minimum Gasteiger partial charge on any atom is -0.468 e. The number of ketones is 1. The topological polar surface area (TPSA) is 61.8 Å². The van der Waals surface area contributed by atoms with Crippen molar-refractivity contribution in [1.82, 2.24) is 0 Å². The molecular weight excluding hydrogens is 236 g/mol. The van der Waals surface area contributed by atoms with Gasteiger partial charge in [0, 0.05) is 0 Å². The van der Waals surface area contributed by atoms with E-state index in [2.05, 4.69) is 4.74 Å². The smallest absolute Gasteiger partial charge is 0.318 e. The zero-order chi connectivity index (χ0) is 14.4. The molecule has 0 atom stereocenters. The Bertz CT molecular complexity index is 288. The highest BCUT2D eigenvalue weighted by molar-refractivity contribution is 6.03. The molecule has 5 nitrogen and oxygen atoms in total. The van der Waals surface area contributed by atoms with E-state index in [0.717, 1.165) is 0 Å². The second-order valence-corrected chi connectivity index (χ2v) is 5.55. The van der Waals surface area contributed by atoms with Crippen molar-refractivity contribution < 1.29 is 23.8 Å². The number of rotatable bonds is 7. The molecule has 0 aliphatic rings. The predicted octanol–water partition coefficient (Wildman–Crippen LogP) is 1.59. The van der Waals surface area contributed by atoms with Crippen LogP contribution in [0.1, 0.15) is 34.6 Å². The Labute approximate surface area is 109 Å². The number of esters is 1. The van der Waals surface area contributed by atoms with Gasteiger partial charge in [0.2, 0.25) is 0 Å². The van der Waals surface area contributed by atoms with Crippen molar-refractivity contribution >= 4 is 11.8 Å². The summed E-state index contributed by atoms with van der Waals surface area (Å²) in [5.41, 5.74) is -1.39. The van der Waals surface area contributed by atoms with Crippen LogP contribution in [0.2, 0.25) is 0 Å². The summed E-state index contributed by atoms with van der Waals surface area (Å²) in [6.07, 6.45) is 0. The lowest BCUT2D eigenvalue weighted by Crippen LogP contribution is -2.37. The number of hydrogen-bond donors (Lipinski definition) is 0. The van der Waals surface area contributed by atoms with Gasteiger partial charge < -0.3 is 14.2 Å². The summed E-state index contributed by atoms with van der Waals surface area (Å²) in [4.78, 5) is 23.1. The van der Waals surface area contributed by atoms with Gasteiger partial charge in [0.15, 0.2) is 5.78 Å². The lowest BCUT2D eigenvalue weighted by Gasteiger charge is -2.21. The Balaban J connectivity index is 3.94. The quantitative estimate of drug-likeness (QED) is 0.395. The van der Waals surface area contributed by atoms with Gasteiger partial charge in [0.05, 0.1) is 25.9 Å². The van der Waals surface area contributed by atoms with Crippen molar-refractivity contribution in [3.05, 3.63) is 0 Å². The third kappa shape index (κ3) is 6.12. The van der Waals surface area contributed by atoms with Gasteiger partial charge in [-0.25, -0.2) is 0 Å². The molecule has 0 unspecified atom stereocenters. The van der Waals surface area contributed by atoms with Crippen molar-refractivity contribution in [2.45, 2.75) is 40.2 Å². The highest BCUT2D eigenvalue weighted by Crippen LogP contribution is 2.18. The van der Waals surface area contributed by atoms with Gasteiger partial charge in [-0.3, -0.25) is 9.59 Å². The monoisotopic (exact) mass is 260 g/mol. The molecule has 5 heteroatoms. The average molecular weight is 260 g/mol. The van der Waals surface area contributed by atoms with Gasteiger partial charge in [0.25, 0.3) is 0 Å². The maximum absolute atomic E-state index is 11.8. The van der Waals surface area contributed by atoms with Crippen molar-refractivity contribution in [3.8, 4) is 0 Å². The van der Waals surface area contributed by atoms with Crippen LogP contribution in [0.15, 0.2) is 0 Å². The van der Waals surface area contributed by atoms with E-state index in [1.807, 2.05) is 20.8 Å².